The summed E-state index contributed by atoms with van der Waals surface area (Å²) in [7, 11) is 0. The number of fused-ring (bicyclic) bond motifs is 3. The van der Waals surface area contributed by atoms with Gasteiger partial charge in [-0.2, -0.15) is 0 Å². The lowest BCUT2D eigenvalue weighted by Crippen LogP contribution is -2.63. The minimum atomic E-state index is -0.810. The van der Waals surface area contributed by atoms with Gasteiger partial charge in [-0.1, -0.05) is 48.6 Å². The molecule has 0 saturated carbocycles. The van der Waals surface area contributed by atoms with Gasteiger partial charge in [-0.05, 0) is 43.4 Å². The van der Waals surface area contributed by atoms with E-state index < -0.39 is 23.0 Å². The molecule has 9 nitrogen and oxygen atoms in total. The number of hydrogen-bond acceptors (Lipinski definition) is 6. The average molecular weight is 582 g/mol. The Morgan fingerprint density at radius 1 is 1.10 bits per heavy atom. The number of carbonyl (C=O) groups excluding carboxylic acids is 2. The fourth-order valence-corrected chi connectivity index (χ4v) is 5.38. The van der Waals surface area contributed by atoms with Crippen LogP contribution in [0.2, 0.25) is 0 Å². The summed E-state index contributed by atoms with van der Waals surface area (Å²) in [5.74, 6) is -2.85. The first-order valence-corrected chi connectivity index (χ1v) is 13.8. The van der Waals surface area contributed by atoms with Crippen molar-refractivity contribution in [1.82, 2.24) is 20.4 Å². The highest BCUT2D eigenvalue weighted by Crippen LogP contribution is 2.30. The molecule has 1 atom stereocenters. The zero-order chi connectivity index (χ0) is 29.1. The molecule has 41 heavy (non-hydrogen) atoms. The number of benzene rings is 2. The predicted octanol–water partition coefficient (Wildman–Crippen LogP) is 3.43. The fraction of sp³-hybridized carbons (Fsp3) is 0.310. The van der Waals surface area contributed by atoms with E-state index in [1.54, 1.807) is 9.58 Å². The van der Waals surface area contributed by atoms with E-state index >= 15 is 0 Å². The third-order valence-corrected chi connectivity index (χ3v) is 7.43. The largest absolute Gasteiger partial charge is 0.482 e. The van der Waals surface area contributed by atoms with Gasteiger partial charge >= 0.3 is 0 Å². The summed E-state index contributed by atoms with van der Waals surface area (Å²) in [5.41, 5.74) is 4.90. The van der Waals surface area contributed by atoms with Crippen molar-refractivity contribution >= 4 is 29.0 Å². The summed E-state index contributed by atoms with van der Waals surface area (Å²) in [5, 5.41) is 1.98. The average Bonchev–Trinajstić information content (AvgIpc) is 2.97. The van der Waals surface area contributed by atoms with Crippen molar-refractivity contribution in [3.05, 3.63) is 99.0 Å². The maximum Gasteiger partial charge on any atom is 0.278 e. The number of pyridine rings is 1. The first-order chi connectivity index (χ1) is 19.8. The molecule has 3 heterocycles. The normalized spacial score (nSPS) is 16.1. The monoisotopic (exact) mass is 581 g/mol. The van der Waals surface area contributed by atoms with E-state index in [4.69, 9.17) is 17.0 Å². The summed E-state index contributed by atoms with van der Waals surface area (Å²) in [6.07, 6.45) is 3.61. The number of carbonyl (C=O) groups is 2. The molecular weight excluding hydrogens is 552 g/mol. The first kappa shape index (κ1) is 28.2. The number of rotatable bonds is 7. The standard InChI is InChI=1S/C29H29F2N5O4S/c1-2-34-24-10-6-7-13-35(24)36-16-21(28(38)33-32-23(41)14-19-11-12-20(30)15-22(19)31)26(37)27(25(36)29(34)39)40-17-18-8-4-3-5-9-18/h3-5,8-9,11-12,15-16,24H,2,6-7,10,13-14,17H2,1H3,(H,32,41)(H,33,38). The molecule has 12 heteroatoms. The van der Waals surface area contributed by atoms with Gasteiger partial charge in [-0.25, -0.2) is 8.78 Å². The lowest BCUT2D eigenvalue weighted by atomic mass is 10.1. The second kappa shape index (κ2) is 12.0. The van der Waals surface area contributed by atoms with E-state index in [9.17, 15) is 23.2 Å². The van der Waals surface area contributed by atoms with Gasteiger partial charge in [0.15, 0.2) is 11.4 Å². The third-order valence-electron chi connectivity index (χ3n) is 7.18. The van der Waals surface area contributed by atoms with Crippen molar-refractivity contribution < 1.29 is 23.1 Å². The van der Waals surface area contributed by atoms with E-state index in [2.05, 4.69) is 10.9 Å². The number of ether oxygens (including phenoxy) is 1. The van der Waals surface area contributed by atoms with Crippen molar-refractivity contribution in [2.24, 2.45) is 0 Å². The van der Waals surface area contributed by atoms with E-state index in [-0.39, 0.29) is 52.7 Å². The number of hydrogen-bond donors (Lipinski definition) is 2. The Labute approximate surface area is 240 Å². The van der Waals surface area contributed by atoms with Crippen molar-refractivity contribution in [2.75, 3.05) is 18.1 Å². The molecule has 2 aromatic carbocycles. The van der Waals surface area contributed by atoms with Crippen LogP contribution in [0.5, 0.6) is 5.75 Å². The number of aromatic nitrogens is 1. The highest BCUT2D eigenvalue weighted by atomic mass is 32.1. The highest BCUT2D eigenvalue weighted by molar-refractivity contribution is 7.80. The minimum Gasteiger partial charge on any atom is -0.482 e. The lowest BCUT2D eigenvalue weighted by Gasteiger charge is -2.48. The fourth-order valence-electron chi connectivity index (χ4n) is 5.17. The highest BCUT2D eigenvalue weighted by Gasteiger charge is 2.41. The van der Waals surface area contributed by atoms with Gasteiger partial charge < -0.3 is 9.64 Å². The molecule has 2 aliphatic rings. The zero-order valence-corrected chi connectivity index (χ0v) is 23.2. The van der Waals surface area contributed by atoms with Gasteiger partial charge in [0.25, 0.3) is 11.8 Å². The molecule has 0 bridgehead atoms. The van der Waals surface area contributed by atoms with E-state index in [1.807, 2.05) is 42.3 Å². The lowest BCUT2D eigenvalue weighted by molar-refractivity contribution is 0.0531. The maximum absolute atomic E-state index is 14.0. The molecule has 0 spiro atoms. The van der Waals surface area contributed by atoms with Crippen LogP contribution < -0.4 is 26.0 Å². The van der Waals surface area contributed by atoms with E-state index in [0.29, 0.717) is 13.1 Å². The summed E-state index contributed by atoms with van der Waals surface area (Å²) < 4.78 is 34.8. The topological polar surface area (TPSA) is 95.9 Å². The van der Waals surface area contributed by atoms with Gasteiger partial charge in [-0.3, -0.25) is 34.9 Å². The van der Waals surface area contributed by atoms with Crippen molar-refractivity contribution in [2.45, 2.75) is 45.4 Å². The van der Waals surface area contributed by atoms with Crippen molar-refractivity contribution in [3.63, 3.8) is 0 Å². The van der Waals surface area contributed by atoms with Gasteiger partial charge in [-0.15, -0.1) is 0 Å². The van der Waals surface area contributed by atoms with Gasteiger partial charge in [0, 0.05) is 31.8 Å². The van der Waals surface area contributed by atoms with Crippen LogP contribution in [0, 0.1) is 11.6 Å². The Balaban J connectivity index is 1.46. The molecule has 0 radical (unpaired) electrons. The Kier molecular flexibility index (Phi) is 8.29. The smallest absolute Gasteiger partial charge is 0.278 e. The molecule has 1 fully saturated rings. The Hall–Kier alpha value is -4.32. The van der Waals surface area contributed by atoms with Crippen LogP contribution in [-0.4, -0.2) is 45.6 Å². The number of nitrogens with zero attached hydrogens (tertiary/aromatic N) is 3. The second-order valence-electron chi connectivity index (χ2n) is 9.81. The predicted molar refractivity (Wildman–Crippen MR) is 152 cm³/mol. The molecule has 2 aliphatic heterocycles. The van der Waals surface area contributed by atoms with Crippen LogP contribution >= 0.6 is 12.2 Å². The first-order valence-electron chi connectivity index (χ1n) is 13.4. The van der Waals surface area contributed by atoms with Gasteiger partial charge in [0.05, 0.1) is 4.99 Å². The SMILES string of the molecule is CCN1C(=O)c2c(OCc3ccccc3)c(=O)c(C(=O)NNC(=S)Cc3ccc(F)cc3F)cn2N2CCCCC12. The van der Waals surface area contributed by atoms with Gasteiger partial charge in [0.2, 0.25) is 5.43 Å². The Morgan fingerprint density at radius 2 is 1.88 bits per heavy atom. The molecule has 1 unspecified atom stereocenters. The van der Waals surface area contributed by atoms with Crippen LogP contribution in [0.3, 0.4) is 0 Å². The molecule has 0 aliphatic carbocycles. The van der Waals surface area contributed by atoms with Crippen molar-refractivity contribution in [3.8, 4) is 5.75 Å². The zero-order valence-electron chi connectivity index (χ0n) is 22.4. The molecule has 214 valence electrons. The maximum atomic E-state index is 14.0. The van der Waals surface area contributed by atoms with Crippen LogP contribution in [0.1, 0.15) is 58.2 Å². The summed E-state index contributed by atoms with van der Waals surface area (Å²) in [6.45, 7) is 2.97. The number of halogens is 2. The van der Waals surface area contributed by atoms with Crippen LogP contribution in [0.4, 0.5) is 8.78 Å². The minimum absolute atomic E-state index is 0.0164. The molecular formula is C29H29F2N5O4S. The molecule has 1 saturated heterocycles. The van der Waals surface area contributed by atoms with Gasteiger partial charge in [0.1, 0.15) is 30.0 Å². The number of thiocarbonyl (C=S) groups is 1. The summed E-state index contributed by atoms with van der Waals surface area (Å²) >= 11 is 5.21. The van der Waals surface area contributed by atoms with Crippen LogP contribution in [-0.2, 0) is 13.0 Å². The number of piperidine rings is 1. The quantitative estimate of drug-likeness (QED) is 0.326. The summed E-state index contributed by atoms with van der Waals surface area (Å²) in [4.78, 5) is 42.4. The molecule has 2 N–H and O–H groups in total. The number of hydrazine groups is 1. The third kappa shape index (κ3) is 5.78. The molecule has 2 amide bonds. The van der Waals surface area contributed by atoms with Crippen molar-refractivity contribution in [1.29, 1.82) is 0 Å². The number of nitrogens with one attached hydrogen (secondary N) is 2. The van der Waals surface area contributed by atoms with Crippen LogP contribution in [0.25, 0.3) is 0 Å². The summed E-state index contributed by atoms with van der Waals surface area (Å²) in [6, 6.07) is 12.3. The molecule has 3 aromatic rings. The Bertz CT molecular complexity index is 1550. The number of amides is 2. The second-order valence-corrected chi connectivity index (χ2v) is 10.3. The molecule has 1 aromatic heterocycles. The van der Waals surface area contributed by atoms with E-state index in [1.165, 1.54) is 12.3 Å². The molecule has 5 rings (SSSR count). The van der Waals surface area contributed by atoms with E-state index in [0.717, 1.165) is 37.0 Å². The Morgan fingerprint density at radius 3 is 2.61 bits per heavy atom. The van der Waals surface area contributed by atoms with Crippen LogP contribution in [0.15, 0.2) is 59.5 Å².